The number of nitrogens with one attached hydrogen (secondary N) is 1. The Bertz CT molecular complexity index is 619. The fourth-order valence-corrected chi connectivity index (χ4v) is 3.02. The Balaban J connectivity index is 2.02. The van der Waals surface area contributed by atoms with E-state index in [2.05, 4.69) is 46.4 Å². The summed E-state index contributed by atoms with van der Waals surface area (Å²) < 4.78 is 0. The standard InChI is InChI=1S/C17H23N3OS/c1-5-16-18-11-15(22-16)17(21)19-10-14(20(3)4)13-8-6-12(2)7-9-13/h6-9,11,14H,5,10H2,1-4H3,(H,19,21). The molecule has 1 aromatic carbocycles. The van der Waals surface area contributed by atoms with E-state index in [0.717, 1.165) is 11.4 Å². The number of hydrogen-bond donors (Lipinski definition) is 1. The molecule has 1 heterocycles. The highest BCUT2D eigenvalue weighted by Crippen LogP contribution is 2.19. The number of nitrogens with zero attached hydrogens (tertiary/aromatic N) is 2. The molecule has 1 N–H and O–H groups in total. The Morgan fingerprint density at radius 1 is 1.32 bits per heavy atom. The first kappa shape index (κ1) is 16.6. The van der Waals surface area contributed by atoms with Crippen LogP contribution in [-0.4, -0.2) is 36.4 Å². The Kier molecular flexibility index (Phi) is 5.69. The zero-order chi connectivity index (χ0) is 16.1. The Hall–Kier alpha value is -1.72. The minimum atomic E-state index is -0.0452. The number of carbonyl (C=O) groups excluding carboxylic acids is 1. The van der Waals surface area contributed by atoms with E-state index in [1.54, 1.807) is 6.20 Å². The monoisotopic (exact) mass is 317 g/mol. The van der Waals surface area contributed by atoms with Crippen LogP contribution >= 0.6 is 11.3 Å². The van der Waals surface area contributed by atoms with E-state index in [0.29, 0.717) is 11.4 Å². The minimum Gasteiger partial charge on any atom is -0.349 e. The fourth-order valence-electron chi connectivity index (χ4n) is 2.24. The van der Waals surface area contributed by atoms with Crippen LogP contribution in [0.3, 0.4) is 0 Å². The van der Waals surface area contributed by atoms with Gasteiger partial charge >= 0.3 is 0 Å². The van der Waals surface area contributed by atoms with Gasteiger partial charge in [-0.25, -0.2) is 4.98 Å². The van der Waals surface area contributed by atoms with Crippen LogP contribution in [0.1, 0.15) is 38.8 Å². The first-order chi connectivity index (χ1) is 10.5. The Labute approximate surface area is 136 Å². The van der Waals surface area contributed by atoms with Crippen molar-refractivity contribution in [3.63, 3.8) is 0 Å². The van der Waals surface area contributed by atoms with Gasteiger partial charge in [-0.2, -0.15) is 0 Å². The summed E-state index contributed by atoms with van der Waals surface area (Å²) in [7, 11) is 4.05. The molecule has 2 aromatic rings. The number of benzene rings is 1. The number of rotatable bonds is 6. The van der Waals surface area contributed by atoms with Crippen molar-refractivity contribution in [3.05, 3.63) is 51.5 Å². The molecular formula is C17H23N3OS. The number of hydrogen-bond acceptors (Lipinski definition) is 4. The smallest absolute Gasteiger partial charge is 0.263 e. The summed E-state index contributed by atoms with van der Waals surface area (Å²) in [5.41, 5.74) is 2.44. The summed E-state index contributed by atoms with van der Waals surface area (Å²) >= 11 is 1.46. The van der Waals surface area contributed by atoms with Gasteiger partial charge < -0.3 is 10.2 Å². The van der Waals surface area contributed by atoms with Crippen molar-refractivity contribution < 1.29 is 4.79 Å². The van der Waals surface area contributed by atoms with Crippen LogP contribution in [0.15, 0.2) is 30.5 Å². The van der Waals surface area contributed by atoms with Gasteiger partial charge in [-0.1, -0.05) is 36.8 Å². The van der Waals surface area contributed by atoms with E-state index in [9.17, 15) is 4.79 Å². The van der Waals surface area contributed by atoms with E-state index >= 15 is 0 Å². The summed E-state index contributed by atoms with van der Waals surface area (Å²) in [4.78, 5) is 19.3. The second kappa shape index (κ2) is 7.51. The van der Waals surface area contributed by atoms with Crippen LogP contribution in [0.2, 0.25) is 0 Å². The molecule has 1 amide bonds. The molecule has 0 aliphatic heterocycles. The minimum absolute atomic E-state index is 0.0452. The topological polar surface area (TPSA) is 45.2 Å². The molecular weight excluding hydrogens is 294 g/mol. The van der Waals surface area contributed by atoms with E-state index in [1.807, 2.05) is 21.0 Å². The van der Waals surface area contributed by atoms with E-state index in [4.69, 9.17) is 0 Å². The number of likely N-dealkylation sites (N-methyl/N-ethyl adjacent to an activating group) is 1. The molecule has 0 bridgehead atoms. The quantitative estimate of drug-likeness (QED) is 0.890. The van der Waals surface area contributed by atoms with Crippen LogP contribution < -0.4 is 5.32 Å². The van der Waals surface area contributed by atoms with Crippen molar-refractivity contribution in [2.75, 3.05) is 20.6 Å². The molecule has 22 heavy (non-hydrogen) atoms. The third kappa shape index (κ3) is 4.15. The number of thiazole rings is 1. The SMILES string of the molecule is CCc1ncc(C(=O)NCC(c2ccc(C)cc2)N(C)C)s1. The van der Waals surface area contributed by atoms with Gasteiger partial charge in [-0.05, 0) is 33.0 Å². The van der Waals surface area contributed by atoms with Crippen molar-refractivity contribution in [2.45, 2.75) is 26.3 Å². The van der Waals surface area contributed by atoms with Crippen molar-refractivity contribution in [1.82, 2.24) is 15.2 Å². The normalized spacial score (nSPS) is 12.4. The van der Waals surface area contributed by atoms with Gasteiger partial charge in [0, 0.05) is 6.54 Å². The second-order valence-electron chi connectivity index (χ2n) is 5.57. The molecule has 0 aliphatic carbocycles. The van der Waals surface area contributed by atoms with Gasteiger partial charge in [-0.15, -0.1) is 11.3 Å². The van der Waals surface area contributed by atoms with Gasteiger partial charge in [0.25, 0.3) is 5.91 Å². The Morgan fingerprint density at radius 3 is 2.55 bits per heavy atom. The third-order valence-electron chi connectivity index (χ3n) is 3.62. The van der Waals surface area contributed by atoms with Crippen LogP contribution in [0.4, 0.5) is 0 Å². The van der Waals surface area contributed by atoms with Crippen molar-refractivity contribution in [1.29, 1.82) is 0 Å². The molecule has 1 aromatic heterocycles. The molecule has 0 radical (unpaired) electrons. The fraction of sp³-hybridized carbons (Fsp3) is 0.412. The lowest BCUT2D eigenvalue weighted by Crippen LogP contribution is -2.34. The predicted molar refractivity (Wildman–Crippen MR) is 91.4 cm³/mol. The molecule has 0 spiro atoms. The predicted octanol–water partition coefficient (Wildman–Crippen LogP) is 3.05. The highest BCUT2D eigenvalue weighted by molar-refractivity contribution is 7.13. The van der Waals surface area contributed by atoms with Gasteiger partial charge in [0.05, 0.1) is 17.2 Å². The maximum Gasteiger partial charge on any atom is 0.263 e. The highest BCUT2D eigenvalue weighted by atomic mass is 32.1. The lowest BCUT2D eigenvalue weighted by Gasteiger charge is -2.25. The van der Waals surface area contributed by atoms with Gasteiger partial charge in [0.15, 0.2) is 0 Å². The lowest BCUT2D eigenvalue weighted by molar-refractivity contribution is 0.0946. The third-order valence-corrected chi connectivity index (χ3v) is 4.76. The molecule has 1 unspecified atom stereocenters. The average molecular weight is 317 g/mol. The van der Waals surface area contributed by atoms with Crippen LogP contribution in [0.25, 0.3) is 0 Å². The number of aryl methyl sites for hydroxylation is 2. The highest BCUT2D eigenvalue weighted by Gasteiger charge is 2.16. The number of aromatic nitrogens is 1. The summed E-state index contributed by atoms with van der Waals surface area (Å²) in [5, 5.41) is 4.01. The number of carbonyl (C=O) groups is 1. The maximum absolute atomic E-state index is 12.2. The van der Waals surface area contributed by atoms with Crippen molar-refractivity contribution in [3.8, 4) is 0 Å². The molecule has 5 heteroatoms. The van der Waals surface area contributed by atoms with Gasteiger partial charge in [-0.3, -0.25) is 4.79 Å². The average Bonchev–Trinajstić information content (AvgIpc) is 2.98. The molecule has 118 valence electrons. The molecule has 4 nitrogen and oxygen atoms in total. The second-order valence-corrected chi connectivity index (χ2v) is 6.69. The molecule has 0 saturated heterocycles. The summed E-state index contributed by atoms with van der Waals surface area (Å²) in [6.45, 7) is 4.69. The molecule has 2 rings (SSSR count). The molecule has 0 aliphatic rings. The summed E-state index contributed by atoms with van der Waals surface area (Å²) in [6, 6.07) is 8.60. The van der Waals surface area contributed by atoms with Crippen LogP contribution in [-0.2, 0) is 6.42 Å². The zero-order valence-electron chi connectivity index (χ0n) is 13.6. The van der Waals surface area contributed by atoms with Crippen molar-refractivity contribution in [2.24, 2.45) is 0 Å². The molecule has 0 fully saturated rings. The summed E-state index contributed by atoms with van der Waals surface area (Å²) in [5.74, 6) is -0.0452. The lowest BCUT2D eigenvalue weighted by atomic mass is 10.0. The van der Waals surface area contributed by atoms with Crippen LogP contribution in [0.5, 0.6) is 0 Å². The largest absolute Gasteiger partial charge is 0.349 e. The van der Waals surface area contributed by atoms with Gasteiger partial charge in [0.1, 0.15) is 4.88 Å². The van der Waals surface area contributed by atoms with Gasteiger partial charge in [0.2, 0.25) is 0 Å². The maximum atomic E-state index is 12.2. The van der Waals surface area contributed by atoms with Crippen LogP contribution in [0, 0.1) is 6.92 Å². The number of amides is 1. The van der Waals surface area contributed by atoms with E-state index in [1.165, 1.54) is 22.5 Å². The first-order valence-corrected chi connectivity index (χ1v) is 8.28. The molecule has 1 atom stereocenters. The Morgan fingerprint density at radius 2 is 2.00 bits per heavy atom. The van der Waals surface area contributed by atoms with E-state index < -0.39 is 0 Å². The first-order valence-electron chi connectivity index (χ1n) is 7.47. The molecule has 0 saturated carbocycles. The van der Waals surface area contributed by atoms with E-state index in [-0.39, 0.29) is 11.9 Å². The van der Waals surface area contributed by atoms with Crippen molar-refractivity contribution >= 4 is 17.2 Å². The zero-order valence-corrected chi connectivity index (χ0v) is 14.4. The summed E-state index contributed by atoms with van der Waals surface area (Å²) in [6.07, 6.45) is 2.52.